The number of esters is 1. The van der Waals surface area contributed by atoms with E-state index in [4.69, 9.17) is 9.47 Å². The fourth-order valence-electron chi connectivity index (χ4n) is 1.78. The molecule has 3 nitrogen and oxygen atoms in total. The molecule has 0 aliphatic carbocycles. The van der Waals surface area contributed by atoms with Crippen molar-refractivity contribution in [2.75, 3.05) is 6.61 Å². The number of carbonyl (C=O) groups excluding carboxylic acids is 1. The highest BCUT2D eigenvalue weighted by Crippen LogP contribution is 2.23. The third-order valence-electron chi connectivity index (χ3n) is 3.37. The van der Waals surface area contributed by atoms with E-state index >= 15 is 0 Å². The molecular formula is C16H24O3. The van der Waals surface area contributed by atoms with Crippen LogP contribution in [0.2, 0.25) is 0 Å². The van der Waals surface area contributed by atoms with Crippen LogP contribution in [0, 0.1) is 5.92 Å². The Hall–Kier alpha value is -1.51. The Labute approximate surface area is 115 Å². The molecule has 106 valence electrons. The van der Waals surface area contributed by atoms with Gasteiger partial charge in [-0.2, -0.15) is 0 Å². The summed E-state index contributed by atoms with van der Waals surface area (Å²) in [7, 11) is 0. The molecule has 1 aromatic carbocycles. The molecule has 0 aromatic heterocycles. The van der Waals surface area contributed by atoms with Crippen molar-refractivity contribution in [3.63, 3.8) is 0 Å². The molecule has 0 aliphatic rings. The van der Waals surface area contributed by atoms with Crippen molar-refractivity contribution in [2.24, 2.45) is 5.92 Å². The summed E-state index contributed by atoms with van der Waals surface area (Å²) in [6.45, 7) is 8.60. The van der Waals surface area contributed by atoms with E-state index < -0.39 is 0 Å². The van der Waals surface area contributed by atoms with Gasteiger partial charge in [-0.25, -0.2) is 0 Å². The summed E-state index contributed by atoms with van der Waals surface area (Å²) in [4.78, 5) is 11.6. The molecule has 0 saturated heterocycles. The van der Waals surface area contributed by atoms with Gasteiger partial charge in [-0.15, -0.1) is 0 Å². The molecule has 0 fully saturated rings. The second-order valence-electron chi connectivity index (χ2n) is 4.80. The Morgan fingerprint density at radius 1 is 1.21 bits per heavy atom. The van der Waals surface area contributed by atoms with Gasteiger partial charge in [-0.05, 0) is 25.8 Å². The van der Waals surface area contributed by atoms with Crippen LogP contribution >= 0.6 is 0 Å². The first-order chi connectivity index (χ1) is 9.08. The van der Waals surface area contributed by atoms with Crippen LogP contribution < -0.4 is 4.74 Å². The van der Waals surface area contributed by atoms with E-state index in [-0.39, 0.29) is 18.5 Å². The van der Waals surface area contributed by atoms with Gasteiger partial charge in [0.2, 0.25) is 0 Å². The maximum atomic E-state index is 11.6. The highest BCUT2D eigenvalue weighted by Gasteiger charge is 2.15. The summed E-state index contributed by atoms with van der Waals surface area (Å²) >= 11 is 0. The molecule has 0 amide bonds. The van der Waals surface area contributed by atoms with Crippen molar-refractivity contribution in [1.82, 2.24) is 0 Å². The lowest BCUT2D eigenvalue weighted by Gasteiger charge is -2.21. The lowest BCUT2D eigenvalue weighted by molar-refractivity contribution is -0.142. The van der Waals surface area contributed by atoms with Gasteiger partial charge in [-0.3, -0.25) is 4.79 Å². The minimum atomic E-state index is -0.213. The Balaban J connectivity index is 2.75. The first kappa shape index (κ1) is 15.5. The molecule has 0 aliphatic heterocycles. The summed E-state index contributed by atoms with van der Waals surface area (Å²) in [6, 6.07) is 7.66. The van der Waals surface area contributed by atoms with Crippen molar-refractivity contribution in [3.8, 4) is 5.75 Å². The largest absolute Gasteiger partial charge is 0.490 e. The van der Waals surface area contributed by atoms with Crippen molar-refractivity contribution < 1.29 is 14.3 Å². The summed E-state index contributed by atoms with van der Waals surface area (Å²) in [5.41, 5.74) is 0.885. The molecule has 2 atom stereocenters. The standard InChI is InChI=1S/C16H24O3/c1-5-12(3)13(4)19-15-10-8-7-9-14(15)11-16(17)18-6-2/h7-10,12-13H,5-6,11H2,1-4H3/t12?,13-/m1/s1. The predicted octanol–water partition coefficient (Wildman–Crippen LogP) is 3.61. The summed E-state index contributed by atoms with van der Waals surface area (Å²) < 4.78 is 10.9. The maximum Gasteiger partial charge on any atom is 0.310 e. The van der Waals surface area contributed by atoms with E-state index in [2.05, 4.69) is 20.8 Å². The van der Waals surface area contributed by atoms with Gasteiger partial charge in [-0.1, -0.05) is 38.5 Å². The van der Waals surface area contributed by atoms with E-state index in [0.29, 0.717) is 12.5 Å². The van der Waals surface area contributed by atoms with E-state index in [9.17, 15) is 4.79 Å². The quantitative estimate of drug-likeness (QED) is 0.706. The molecule has 1 rings (SSSR count). The first-order valence-electron chi connectivity index (χ1n) is 6.98. The SMILES string of the molecule is CCOC(=O)Cc1ccccc1O[C@H](C)C(C)CC. The summed E-state index contributed by atoms with van der Waals surface area (Å²) in [5.74, 6) is 1.05. The number of carbonyl (C=O) groups is 1. The normalized spacial score (nSPS) is 13.7. The van der Waals surface area contributed by atoms with Crippen LogP contribution in [0.1, 0.15) is 39.7 Å². The number of ether oxygens (including phenoxy) is 2. The second kappa shape index (κ2) is 7.82. The maximum absolute atomic E-state index is 11.6. The number of hydrogen-bond donors (Lipinski definition) is 0. The minimum absolute atomic E-state index is 0.133. The van der Waals surface area contributed by atoms with Gasteiger partial charge >= 0.3 is 5.97 Å². The molecule has 0 saturated carbocycles. The van der Waals surface area contributed by atoms with Crippen LogP contribution in [0.4, 0.5) is 0 Å². The van der Waals surface area contributed by atoms with Gasteiger partial charge in [0.05, 0.1) is 19.1 Å². The Morgan fingerprint density at radius 3 is 2.53 bits per heavy atom. The van der Waals surface area contributed by atoms with Crippen LogP contribution in [0.15, 0.2) is 24.3 Å². The minimum Gasteiger partial charge on any atom is -0.490 e. The van der Waals surface area contributed by atoms with E-state index in [1.165, 1.54) is 0 Å². The molecule has 0 bridgehead atoms. The number of para-hydroxylation sites is 1. The number of rotatable bonds is 7. The second-order valence-corrected chi connectivity index (χ2v) is 4.80. The molecule has 0 spiro atoms. The summed E-state index contributed by atoms with van der Waals surface area (Å²) in [6.07, 6.45) is 1.46. The number of hydrogen-bond acceptors (Lipinski definition) is 3. The van der Waals surface area contributed by atoms with Crippen LogP contribution in [0.25, 0.3) is 0 Å². The van der Waals surface area contributed by atoms with Crippen LogP contribution in [0.3, 0.4) is 0 Å². The van der Waals surface area contributed by atoms with Crippen molar-refractivity contribution >= 4 is 5.97 Å². The fraction of sp³-hybridized carbons (Fsp3) is 0.562. The van der Waals surface area contributed by atoms with E-state index in [0.717, 1.165) is 17.7 Å². The smallest absolute Gasteiger partial charge is 0.310 e. The van der Waals surface area contributed by atoms with Gasteiger partial charge in [0, 0.05) is 5.56 Å². The van der Waals surface area contributed by atoms with Gasteiger partial charge in [0.25, 0.3) is 0 Å². The lowest BCUT2D eigenvalue weighted by atomic mass is 10.0. The zero-order chi connectivity index (χ0) is 14.3. The highest BCUT2D eigenvalue weighted by molar-refractivity contribution is 5.73. The zero-order valence-electron chi connectivity index (χ0n) is 12.3. The number of benzene rings is 1. The average molecular weight is 264 g/mol. The molecule has 1 aromatic rings. The fourth-order valence-corrected chi connectivity index (χ4v) is 1.78. The van der Waals surface area contributed by atoms with E-state index in [1.54, 1.807) is 0 Å². The molecule has 1 unspecified atom stereocenters. The molecular weight excluding hydrogens is 240 g/mol. The Bertz CT molecular complexity index is 401. The van der Waals surface area contributed by atoms with Crippen molar-refractivity contribution in [1.29, 1.82) is 0 Å². The van der Waals surface area contributed by atoms with Gasteiger partial charge in [0.15, 0.2) is 0 Å². The lowest BCUT2D eigenvalue weighted by Crippen LogP contribution is -2.21. The average Bonchev–Trinajstić information content (AvgIpc) is 2.40. The molecule has 0 radical (unpaired) electrons. The Morgan fingerprint density at radius 2 is 1.89 bits per heavy atom. The third kappa shape index (κ3) is 4.93. The monoisotopic (exact) mass is 264 g/mol. The van der Waals surface area contributed by atoms with Gasteiger partial charge < -0.3 is 9.47 Å². The molecule has 3 heteroatoms. The molecule has 19 heavy (non-hydrogen) atoms. The van der Waals surface area contributed by atoms with Crippen LogP contribution in [0.5, 0.6) is 5.75 Å². The topological polar surface area (TPSA) is 35.5 Å². The van der Waals surface area contributed by atoms with Crippen LogP contribution in [-0.4, -0.2) is 18.7 Å². The zero-order valence-corrected chi connectivity index (χ0v) is 12.3. The predicted molar refractivity (Wildman–Crippen MR) is 76.3 cm³/mol. The van der Waals surface area contributed by atoms with E-state index in [1.807, 2.05) is 31.2 Å². The highest BCUT2D eigenvalue weighted by atomic mass is 16.5. The van der Waals surface area contributed by atoms with Crippen molar-refractivity contribution in [2.45, 2.75) is 46.6 Å². The molecule has 0 heterocycles. The first-order valence-corrected chi connectivity index (χ1v) is 6.98. The van der Waals surface area contributed by atoms with Crippen LogP contribution in [-0.2, 0) is 16.0 Å². The summed E-state index contributed by atoms with van der Waals surface area (Å²) in [5, 5.41) is 0. The van der Waals surface area contributed by atoms with Gasteiger partial charge in [0.1, 0.15) is 5.75 Å². The third-order valence-corrected chi connectivity index (χ3v) is 3.37. The molecule has 0 N–H and O–H groups in total. The Kier molecular flexibility index (Phi) is 6.40. The van der Waals surface area contributed by atoms with Crippen molar-refractivity contribution in [3.05, 3.63) is 29.8 Å².